The number of phenolic OH excluding ortho intramolecular Hbond substituents is 1. The maximum atomic E-state index is 13.6. The van der Waals surface area contributed by atoms with E-state index in [2.05, 4.69) is 4.99 Å². The quantitative estimate of drug-likeness (QED) is 0.545. The van der Waals surface area contributed by atoms with Crippen LogP contribution >= 0.6 is 11.3 Å². The number of carbonyl (C=O) groups is 1. The summed E-state index contributed by atoms with van der Waals surface area (Å²) in [5.41, 5.74) is 1.93. The van der Waals surface area contributed by atoms with Gasteiger partial charge in [-0.25, -0.2) is 9.79 Å². The highest BCUT2D eigenvalue weighted by Crippen LogP contribution is 2.37. The van der Waals surface area contributed by atoms with Crippen LogP contribution in [0.3, 0.4) is 0 Å². The number of ether oxygens (including phenoxy) is 3. The summed E-state index contributed by atoms with van der Waals surface area (Å²) in [6.45, 7) is 3.70. The Bertz CT molecular complexity index is 1430. The first kappa shape index (κ1) is 23.3. The molecule has 9 heteroatoms. The molecule has 0 bridgehead atoms. The second-order valence-electron chi connectivity index (χ2n) is 7.49. The molecule has 1 aliphatic heterocycles. The number of esters is 1. The first-order valence-corrected chi connectivity index (χ1v) is 11.4. The van der Waals surface area contributed by atoms with Crippen molar-refractivity contribution in [2.45, 2.75) is 19.9 Å². The van der Waals surface area contributed by atoms with Crippen LogP contribution in [0.4, 0.5) is 0 Å². The summed E-state index contributed by atoms with van der Waals surface area (Å²) in [6.07, 6.45) is 1.68. The van der Waals surface area contributed by atoms with Gasteiger partial charge in [0, 0.05) is 0 Å². The predicted molar refractivity (Wildman–Crippen MR) is 128 cm³/mol. The van der Waals surface area contributed by atoms with Gasteiger partial charge in [-0.2, -0.15) is 0 Å². The van der Waals surface area contributed by atoms with E-state index in [9.17, 15) is 14.7 Å². The summed E-state index contributed by atoms with van der Waals surface area (Å²) in [7, 11) is 2.87. The number of aromatic hydroxyl groups is 1. The van der Waals surface area contributed by atoms with Crippen LogP contribution in [0, 0.1) is 0 Å². The zero-order chi connectivity index (χ0) is 24.4. The number of thiazole rings is 1. The van der Waals surface area contributed by atoms with Gasteiger partial charge in [0.2, 0.25) is 5.75 Å². The Kier molecular flexibility index (Phi) is 6.56. The van der Waals surface area contributed by atoms with Gasteiger partial charge in [-0.15, -0.1) is 0 Å². The second-order valence-corrected chi connectivity index (χ2v) is 8.50. The van der Waals surface area contributed by atoms with Gasteiger partial charge < -0.3 is 19.3 Å². The van der Waals surface area contributed by atoms with Crippen LogP contribution in [-0.4, -0.2) is 36.5 Å². The Morgan fingerprint density at radius 1 is 1.18 bits per heavy atom. The molecule has 0 aliphatic carbocycles. The minimum Gasteiger partial charge on any atom is -0.502 e. The summed E-state index contributed by atoms with van der Waals surface area (Å²) in [5.74, 6) is -0.177. The zero-order valence-corrected chi connectivity index (χ0v) is 20.0. The van der Waals surface area contributed by atoms with E-state index in [1.165, 1.54) is 30.1 Å². The number of aromatic nitrogens is 1. The lowest BCUT2D eigenvalue weighted by molar-refractivity contribution is -0.139. The number of nitrogens with zero attached hydrogens (tertiary/aromatic N) is 2. The molecule has 4 rings (SSSR count). The Morgan fingerprint density at radius 2 is 1.82 bits per heavy atom. The molecule has 0 saturated heterocycles. The topological polar surface area (TPSA) is 99.4 Å². The monoisotopic (exact) mass is 480 g/mol. The fraction of sp³-hybridized carbons (Fsp3) is 0.240. The van der Waals surface area contributed by atoms with E-state index in [0.717, 1.165) is 5.56 Å². The molecule has 1 atom stereocenters. The molecule has 0 saturated carbocycles. The number of methoxy groups -OCH3 is 2. The summed E-state index contributed by atoms with van der Waals surface area (Å²) in [5, 5.41) is 10.2. The largest absolute Gasteiger partial charge is 0.502 e. The number of hydrogen-bond acceptors (Lipinski definition) is 8. The van der Waals surface area contributed by atoms with Crippen molar-refractivity contribution >= 4 is 23.4 Å². The van der Waals surface area contributed by atoms with E-state index in [4.69, 9.17) is 14.2 Å². The van der Waals surface area contributed by atoms with Gasteiger partial charge >= 0.3 is 5.97 Å². The van der Waals surface area contributed by atoms with Crippen molar-refractivity contribution in [1.82, 2.24) is 4.57 Å². The lowest BCUT2D eigenvalue weighted by Crippen LogP contribution is -2.39. The molecule has 1 aromatic heterocycles. The fourth-order valence-electron chi connectivity index (χ4n) is 3.89. The molecule has 8 nitrogen and oxygen atoms in total. The minimum atomic E-state index is -0.664. The number of carbonyl (C=O) groups excluding carboxylic acids is 1. The lowest BCUT2D eigenvalue weighted by atomic mass is 9.96. The first-order chi connectivity index (χ1) is 16.4. The molecule has 1 aliphatic rings. The first-order valence-electron chi connectivity index (χ1n) is 10.6. The Labute approximate surface area is 199 Å². The van der Waals surface area contributed by atoms with Crippen LogP contribution in [0.2, 0.25) is 0 Å². The van der Waals surface area contributed by atoms with Crippen molar-refractivity contribution in [3.63, 3.8) is 0 Å². The van der Waals surface area contributed by atoms with Gasteiger partial charge in [0.15, 0.2) is 16.3 Å². The molecule has 0 spiro atoms. The Hall–Kier alpha value is -3.85. The third kappa shape index (κ3) is 4.10. The highest BCUT2D eigenvalue weighted by molar-refractivity contribution is 7.07. The normalized spacial score (nSPS) is 15.5. The number of hydrogen-bond donors (Lipinski definition) is 1. The molecule has 2 aromatic carbocycles. The van der Waals surface area contributed by atoms with Crippen molar-refractivity contribution in [3.05, 3.63) is 84.5 Å². The van der Waals surface area contributed by atoms with Crippen molar-refractivity contribution in [2.24, 2.45) is 4.99 Å². The van der Waals surface area contributed by atoms with E-state index in [0.29, 0.717) is 26.2 Å². The zero-order valence-electron chi connectivity index (χ0n) is 19.2. The van der Waals surface area contributed by atoms with Crippen LogP contribution in [0.15, 0.2) is 63.5 Å². The third-order valence-corrected chi connectivity index (χ3v) is 6.42. The number of rotatable bonds is 6. The van der Waals surface area contributed by atoms with Crippen molar-refractivity contribution in [3.8, 4) is 17.2 Å². The Balaban J connectivity index is 1.95. The highest BCUT2D eigenvalue weighted by atomic mass is 32.1. The number of phenols is 1. The molecule has 0 fully saturated rings. The number of allylic oxidation sites excluding steroid dienone is 1. The number of fused-ring (bicyclic) bond motifs is 1. The van der Waals surface area contributed by atoms with E-state index in [-0.39, 0.29) is 29.4 Å². The van der Waals surface area contributed by atoms with Gasteiger partial charge in [-0.1, -0.05) is 41.7 Å². The molecule has 176 valence electrons. The van der Waals surface area contributed by atoms with Gasteiger partial charge in [0.25, 0.3) is 5.56 Å². The molecule has 1 N–H and O–H groups in total. The second kappa shape index (κ2) is 9.56. The van der Waals surface area contributed by atoms with E-state index < -0.39 is 12.0 Å². The molecule has 0 amide bonds. The summed E-state index contributed by atoms with van der Waals surface area (Å²) in [6, 6.07) is 11.9. The molecule has 34 heavy (non-hydrogen) atoms. The van der Waals surface area contributed by atoms with Gasteiger partial charge in [-0.3, -0.25) is 9.36 Å². The average molecular weight is 481 g/mol. The average Bonchev–Trinajstić information content (AvgIpc) is 3.14. The minimum absolute atomic E-state index is 0.123. The summed E-state index contributed by atoms with van der Waals surface area (Å²) >= 11 is 1.21. The molecule has 0 radical (unpaired) electrons. The molecule has 1 unspecified atom stereocenters. The fourth-order valence-corrected chi connectivity index (χ4v) is 4.94. The van der Waals surface area contributed by atoms with Gasteiger partial charge in [0.05, 0.1) is 42.7 Å². The van der Waals surface area contributed by atoms with Crippen LogP contribution in [0.5, 0.6) is 17.2 Å². The molecule has 2 heterocycles. The molecular weight excluding hydrogens is 456 g/mol. The summed E-state index contributed by atoms with van der Waals surface area (Å²) < 4.78 is 17.7. The Morgan fingerprint density at radius 3 is 2.41 bits per heavy atom. The van der Waals surface area contributed by atoms with Crippen LogP contribution < -0.4 is 24.4 Å². The van der Waals surface area contributed by atoms with E-state index in [1.54, 1.807) is 32.1 Å². The molecule has 3 aromatic rings. The standard InChI is InChI=1S/C25H24N2O6S/c1-5-33-24(30)20-14(2)26-25-27(21(20)16-9-7-6-8-10-16)23(29)19(34-25)13-15-11-17(31-3)22(28)18(12-15)32-4/h6-13,21,28H,5H2,1-4H3/b19-13-. The SMILES string of the molecule is CCOC(=O)C1=C(C)N=c2s/c(=C\c3cc(OC)c(O)c(OC)c3)c(=O)n2C1c1ccccc1. The van der Waals surface area contributed by atoms with Gasteiger partial charge in [0.1, 0.15) is 0 Å². The summed E-state index contributed by atoms with van der Waals surface area (Å²) in [4.78, 5) is 31.5. The van der Waals surface area contributed by atoms with Crippen LogP contribution in [-0.2, 0) is 9.53 Å². The maximum absolute atomic E-state index is 13.6. The molecular formula is C25H24N2O6S. The highest BCUT2D eigenvalue weighted by Gasteiger charge is 2.33. The predicted octanol–water partition coefficient (Wildman–Crippen LogP) is 2.52. The van der Waals surface area contributed by atoms with Crippen LogP contribution in [0.25, 0.3) is 6.08 Å². The maximum Gasteiger partial charge on any atom is 0.338 e. The number of benzene rings is 2. The van der Waals surface area contributed by atoms with Crippen molar-refractivity contribution in [1.29, 1.82) is 0 Å². The van der Waals surface area contributed by atoms with E-state index >= 15 is 0 Å². The smallest absolute Gasteiger partial charge is 0.338 e. The third-order valence-electron chi connectivity index (χ3n) is 5.43. The van der Waals surface area contributed by atoms with Crippen LogP contribution in [0.1, 0.15) is 31.0 Å². The van der Waals surface area contributed by atoms with E-state index in [1.807, 2.05) is 30.3 Å². The van der Waals surface area contributed by atoms with Crippen molar-refractivity contribution < 1.29 is 24.1 Å². The van der Waals surface area contributed by atoms with Gasteiger partial charge in [-0.05, 0) is 43.2 Å². The lowest BCUT2D eigenvalue weighted by Gasteiger charge is -2.24. The van der Waals surface area contributed by atoms with Crippen molar-refractivity contribution in [2.75, 3.05) is 20.8 Å².